The van der Waals surface area contributed by atoms with Gasteiger partial charge in [0.15, 0.2) is 0 Å². The second-order valence-electron chi connectivity index (χ2n) is 6.37. The van der Waals surface area contributed by atoms with Crippen molar-refractivity contribution in [1.29, 1.82) is 0 Å². The van der Waals surface area contributed by atoms with E-state index in [1.807, 2.05) is 31.2 Å². The molecule has 0 spiro atoms. The third-order valence-electron chi connectivity index (χ3n) is 4.03. The highest BCUT2D eigenvalue weighted by Crippen LogP contribution is 2.20. The van der Waals surface area contributed by atoms with Gasteiger partial charge in [-0.1, -0.05) is 41.4 Å². The molecule has 0 heterocycles. The number of carbonyl (C=O) groups excluding carboxylic acids is 1. The van der Waals surface area contributed by atoms with Crippen molar-refractivity contribution in [3.8, 4) is 0 Å². The van der Waals surface area contributed by atoms with Gasteiger partial charge in [0.05, 0.1) is 4.90 Å². The molecule has 0 unspecified atom stereocenters. The predicted molar refractivity (Wildman–Crippen MR) is 118 cm³/mol. The van der Waals surface area contributed by atoms with Crippen molar-refractivity contribution in [2.75, 3.05) is 10.0 Å². The van der Waals surface area contributed by atoms with Gasteiger partial charge < -0.3 is 5.32 Å². The molecule has 5 nitrogen and oxygen atoms in total. The third kappa shape index (κ3) is 5.94. The van der Waals surface area contributed by atoms with Crippen molar-refractivity contribution >= 4 is 45.0 Å². The minimum Gasteiger partial charge on any atom is -0.323 e. The highest BCUT2D eigenvalue weighted by atomic mass is 35.5. The van der Waals surface area contributed by atoms with Crippen LogP contribution in [0.15, 0.2) is 83.8 Å². The number of halogens is 1. The lowest BCUT2D eigenvalue weighted by molar-refractivity contribution is -0.111. The van der Waals surface area contributed by atoms with Crippen LogP contribution in [0, 0.1) is 6.92 Å². The Bertz CT molecular complexity index is 1120. The van der Waals surface area contributed by atoms with Crippen molar-refractivity contribution in [1.82, 2.24) is 0 Å². The van der Waals surface area contributed by atoms with Crippen LogP contribution in [-0.2, 0) is 14.8 Å². The van der Waals surface area contributed by atoms with Gasteiger partial charge in [0, 0.05) is 22.5 Å². The molecule has 7 heteroatoms. The van der Waals surface area contributed by atoms with E-state index in [2.05, 4.69) is 10.0 Å². The lowest BCUT2D eigenvalue weighted by atomic mass is 10.1. The molecular formula is C22H19ClN2O3S. The highest BCUT2D eigenvalue weighted by Gasteiger charge is 2.14. The molecule has 1 amide bonds. The molecule has 0 saturated heterocycles. The second-order valence-corrected chi connectivity index (χ2v) is 8.49. The van der Waals surface area contributed by atoms with Crippen molar-refractivity contribution < 1.29 is 13.2 Å². The topological polar surface area (TPSA) is 75.3 Å². The van der Waals surface area contributed by atoms with Gasteiger partial charge in [-0.2, -0.15) is 0 Å². The summed E-state index contributed by atoms with van der Waals surface area (Å²) in [5.41, 5.74) is 2.97. The zero-order chi connectivity index (χ0) is 20.9. The summed E-state index contributed by atoms with van der Waals surface area (Å²) in [4.78, 5) is 12.1. The Balaban J connectivity index is 1.63. The van der Waals surface area contributed by atoms with E-state index in [1.165, 1.54) is 30.3 Å². The van der Waals surface area contributed by atoms with E-state index < -0.39 is 10.0 Å². The summed E-state index contributed by atoms with van der Waals surface area (Å²) in [6.45, 7) is 2.00. The molecule has 0 fully saturated rings. The molecule has 0 aliphatic carbocycles. The number of rotatable bonds is 6. The standard InChI is InChI=1S/C22H19ClN2O3S/c1-16-2-4-17(5-3-16)6-15-22(26)24-19-11-13-21(14-12-19)29(27,28)25-20-9-7-18(23)8-10-20/h2-15,25H,1H3,(H,24,26)/b15-6+. The smallest absolute Gasteiger partial charge is 0.261 e. The summed E-state index contributed by atoms with van der Waals surface area (Å²) in [6, 6.07) is 20.1. The molecule has 0 aromatic heterocycles. The van der Waals surface area contributed by atoms with E-state index in [0.717, 1.165) is 11.1 Å². The summed E-state index contributed by atoms with van der Waals surface area (Å²) in [6.07, 6.45) is 3.14. The minimum atomic E-state index is -3.74. The number of anilines is 2. The van der Waals surface area contributed by atoms with E-state index in [9.17, 15) is 13.2 Å². The van der Waals surface area contributed by atoms with Crippen LogP contribution in [0.3, 0.4) is 0 Å². The molecule has 29 heavy (non-hydrogen) atoms. The van der Waals surface area contributed by atoms with E-state index in [0.29, 0.717) is 16.4 Å². The fourth-order valence-corrected chi connectivity index (χ4v) is 3.67. The Hall–Kier alpha value is -3.09. The first-order valence-corrected chi connectivity index (χ1v) is 10.6. The largest absolute Gasteiger partial charge is 0.323 e. The normalized spacial score (nSPS) is 11.4. The maximum absolute atomic E-state index is 12.5. The number of hydrogen-bond acceptors (Lipinski definition) is 3. The van der Waals surface area contributed by atoms with Gasteiger partial charge in [-0.15, -0.1) is 0 Å². The lowest BCUT2D eigenvalue weighted by Gasteiger charge is -2.09. The van der Waals surface area contributed by atoms with E-state index in [1.54, 1.807) is 30.3 Å². The predicted octanol–water partition coefficient (Wildman–Crippen LogP) is 5.10. The Labute approximate surface area is 175 Å². The molecule has 0 bridgehead atoms. The van der Waals surface area contributed by atoms with Crippen LogP contribution in [0.2, 0.25) is 5.02 Å². The summed E-state index contributed by atoms with van der Waals surface area (Å²) in [5.74, 6) is -0.305. The number of sulfonamides is 1. The maximum atomic E-state index is 12.5. The molecule has 0 aliphatic heterocycles. The van der Waals surface area contributed by atoms with Gasteiger partial charge in [0.2, 0.25) is 5.91 Å². The van der Waals surface area contributed by atoms with Crippen LogP contribution in [0.5, 0.6) is 0 Å². The van der Waals surface area contributed by atoms with E-state index >= 15 is 0 Å². The van der Waals surface area contributed by atoms with Crippen molar-refractivity contribution in [3.63, 3.8) is 0 Å². The molecule has 0 radical (unpaired) electrons. The average Bonchev–Trinajstić information content (AvgIpc) is 2.70. The van der Waals surface area contributed by atoms with E-state index in [4.69, 9.17) is 11.6 Å². The Morgan fingerprint density at radius 1 is 0.862 bits per heavy atom. The van der Waals surface area contributed by atoms with Gasteiger partial charge in [-0.05, 0) is 67.1 Å². The van der Waals surface area contributed by atoms with Crippen LogP contribution in [0.25, 0.3) is 6.08 Å². The third-order valence-corrected chi connectivity index (χ3v) is 5.68. The van der Waals surface area contributed by atoms with Crippen LogP contribution in [0.1, 0.15) is 11.1 Å². The number of aryl methyl sites for hydroxylation is 1. The van der Waals surface area contributed by atoms with Gasteiger partial charge >= 0.3 is 0 Å². The summed E-state index contributed by atoms with van der Waals surface area (Å²) < 4.78 is 27.4. The number of carbonyl (C=O) groups is 1. The number of hydrogen-bond donors (Lipinski definition) is 2. The summed E-state index contributed by atoms with van der Waals surface area (Å²) in [5, 5.41) is 3.22. The maximum Gasteiger partial charge on any atom is 0.261 e. The highest BCUT2D eigenvalue weighted by molar-refractivity contribution is 7.92. The van der Waals surface area contributed by atoms with Crippen LogP contribution in [0.4, 0.5) is 11.4 Å². The zero-order valence-corrected chi connectivity index (χ0v) is 17.2. The SMILES string of the molecule is Cc1ccc(/C=C/C(=O)Nc2ccc(S(=O)(=O)Nc3ccc(Cl)cc3)cc2)cc1. The lowest BCUT2D eigenvalue weighted by Crippen LogP contribution is -2.13. The Morgan fingerprint density at radius 3 is 2.07 bits per heavy atom. The number of amides is 1. The fraction of sp³-hybridized carbons (Fsp3) is 0.0455. The molecule has 0 saturated carbocycles. The molecule has 0 atom stereocenters. The van der Waals surface area contributed by atoms with Crippen molar-refractivity contribution in [3.05, 3.63) is 95.0 Å². The average molecular weight is 427 g/mol. The first-order chi connectivity index (χ1) is 13.8. The van der Waals surface area contributed by atoms with Crippen molar-refractivity contribution in [2.45, 2.75) is 11.8 Å². The first-order valence-electron chi connectivity index (χ1n) is 8.76. The molecular weight excluding hydrogens is 408 g/mol. The summed E-state index contributed by atoms with van der Waals surface area (Å²) >= 11 is 5.81. The quantitative estimate of drug-likeness (QED) is 0.538. The van der Waals surface area contributed by atoms with Crippen molar-refractivity contribution in [2.24, 2.45) is 0 Å². The van der Waals surface area contributed by atoms with Crippen LogP contribution >= 0.6 is 11.6 Å². The van der Waals surface area contributed by atoms with Gasteiger partial charge in [-0.3, -0.25) is 9.52 Å². The Morgan fingerprint density at radius 2 is 1.45 bits per heavy atom. The molecule has 3 rings (SSSR count). The molecule has 0 aliphatic rings. The van der Waals surface area contributed by atoms with Gasteiger partial charge in [0.25, 0.3) is 10.0 Å². The molecule has 3 aromatic carbocycles. The second kappa shape index (κ2) is 8.94. The molecule has 2 N–H and O–H groups in total. The van der Waals surface area contributed by atoms with E-state index in [-0.39, 0.29) is 10.8 Å². The zero-order valence-electron chi connectivity index (χ0n) is 15.6. The Kier molecular flexibility index (Phi) is 6.36. The minimum absolute atomic E-state index is 0.0839. The molecule has 148 valence electrons. The number of nitrogens with one attached hydrogen (secondary N) is 2. The fourth-order valence-electron chi connectivity index (χ4n) is 2.48. The van der Waals surface area contributed by atoms with Gasteiger partial charge in [0.1, 0.15) is 0 Å². The van der Waals surface area contributed by atoms with Crippen LogP contribution < -0.4 is 10.0 Å². The van der Waals surface area contributed by atoms with Gasteiger partial charge in [-0.25, -0.2) is 8.42 Å². The first kappa shape index (κ1) is 20.6. The molecule has 3 aromatic rings. The number of benzene rings is 3. The summed E-state index contributed by atoms with van der Waals surface area (Å²) in [7, 11) is -3.74. The van der Waals surface area contributed by atoms with Crippen LogP contribution in [-0.4, -0.2) is 14.3 Å². The monoisotopic (exact) mass is 426 g/mol.